The van der Waals surface area contributed by atoms with Gasteiger partial charge in [0.25, 0.3) is 0 Å². The molecule has 2 aromatic carbocycles. The van der Waals surface area contributed by atoms with Gasteiger partial charge in [0.1, 0.15) is 5.75 Å². The number of hydrogen-bond acceptors (Lipinski definition) is 3. The van der Waals surface area contributed by atoms with Crippen LogP contribution in [0.1, 0.15) is 29.5 Å². The summed E-state index contributed by atoms with van der Waals surface area (Å²) in [4.78, 5) is 12.8. The quantitative estimate of drug-likeness (QED) is 0.874. The van der Waals surface area contributed by atoms with Crippen LogP contribution in [0.2, 0.25) is 0 Å². The minimum Gasteiger partial charge on any atom is -0.497 e. The average Bonchev–Trinajstić information content (AvgIpc) is 2.63. The number of hydrogen-bond donors (Lipinski definition) is 1. The number of aliphatic hydroxyl groups is 1. The molecule has 1 amide bonds. The molecule has 1 saturated heterocycles. The van der Waals surface area contributed by atoms with E-state index in [0.29, 0.717) is 25.9 Å². The summed E-state index contributed by atoms with van der Waals surface area (Å²) in [6.45, 7) is 0.971. The lowest BCUT2D eigenvalue weighted by Gasteiger charge is -2.38. The number of methoxy groups -OCH3 is 1. The van der Waals surface area contributed by atoms with Crippen molar-refractivity contribution in [2.45, 2.75) is 24.9 Å². The molecular formula is C20H22BNO3. The van der Waals surface area contributed by atoms with Crippen molar-refractivity contribution in [1.29, 1.82) is 0 Å². The van der Waals surface area contributed by atoms with Crippen LogP contribution in [0.5, 0.6) is 5.75 Å². The fraction of sp³-hybridized carbons (Fsp3) is 0.350. The molecule has 4 nitrogen and oxygen atoms in total. The summed E-state index contributed by atoms with van der Waals surface area (Å²) in [7, 11) is 6.96. The molecule has 3 rings (SSSR count). The van der Waals surface area contributed by atoms with E-state index in [1.54, 1.807) is 12.0 Å². The Balaban J connectivity index is 1.66. The Morgan fingerprint density at radius 2 is 1.60 bits per heavy atom. The number of piperidine rings is 1. The summed E-state index contributed by atoms with van der Waals surface area (Å²) in [5.74, 6) is 0.431. The molecule has 1 fully saturated rings. The predicted molar refractivity (Wildman–Crippen MR) is 98.1 cm³/mol. The number of carbonyl (C=O) groups excluding carboxylic acids is 1. The van der Waals surface area contributed by atoms with Crippen molar-refractivity contribution >= 4 is 13.7 Å². The van der Waals surface area contributed by atoms with Gasteiger partial charge in [-0.15, -0.1) is 0 Å². The number of rotatable bonds is 4. The lowest BCUT2D eigenvalue weighted by atomic mass is 9.83. The standard InChI is InChI=1S/C20H22BNO3/c1-25-18-8-4-16(5-9-18)14-15-2-6-17(7-3-15)20(24)10-12-22(13-11-20)19(21)23/h2-9,24H,10-14H2,1H3. The first-order chi connectivity index (χ1) is 12.0. The Bertz CT molecular complexity index is 720. The van der Waals surface area contributed by atoms with Gasteiger partial charge in [-0.05, 0) is 48.1 Å². The van der Waals surface area contributed by atoms with Crippen LogP contribution < -0.4 is 4.74 Å². The van der Waals surface area contributed by atoms with Crippen molar-refractivity contribution in [3.63, 3.8) is 0 Å². The number of likely N-dealkylation sites (tertiary alicyclic amines) is 1. The SMILES string of the molecule is [B]C(=O)N1CCC(O)(c2ccc(Cc3ccc(OC)cc3)cc2)CC1. The van der Waals surface area contributed by atoms with Crippen molar-refractivity contribution in [3.8, 4) is 5.75 Å². The van der Waals surface area contributed by atoms with Gasteiger partial charge in [-0.3, -0.25) is 4.79 Å². The molecule has 1 aliphatic heterocycles. The first-order valence-electron chi connectivity index (χ1n) is 8.49. The van der Waals surface area contributed by atoms with Gasteiger partial charge in [0.15, 0.2) is 5.81 Å². The van der Waals surface area contributed by atoms with Crippen LogP contribution in [-0.2, 0) is 12.0 Å². The van der Waals surface area contributed by atoms with E-state index >= 15 is 0 Å². The number of amides is 1. The van der Waals surface area contributed by atoms with Gasteiger partial charge in [-0.25, -0.2) is 0 Å². The topological polar surface area (TPSA) is 49.8 Å². The van der Waals surface area contributed by atoms with Crippen molar-refractivity contribution in [1.82, 2.24) is 4.90 Å². The van der Waals surface area contributed by atoms with E-state index in [0.717, 1.165) is 17.7 Å². The first kappa shape index (κ1) is 17.6. The molecule has 1 heterocycles. The van der Waals surface area contributed by atoms with Crippen LogP contribution in [0.15, 0.2) is 48.5 Å². The van der Waals surface area contributed by atoms with E-state index in [-0.39, 0.29) is 0 Å². The number of benzene rings is 2. The zero-order valence-electron chi connectivity index (χ0n) is 14.4. The van der Waals surface area contributed by atoms with Gasteiger partial charge >= 0.3 is 0 Å². The van der Waals surface area contributed by atoms with E-state index in [1.165, 1.54) is 11.1 Å². The first-order valence-corrected chi connectivity index (χ1v) is 8.49. The molecule has 2 radical (unpaired) electrons. The lowest BCUT2D eigenvalue weighted by molar-refractivity contribution is -0.0148. The lowest BCUT2D eigenvalue weighted by Crippen LogP contribution is -2.44. The maximum absolute atomic E-state index is 11.2. The third-order valence-corrected chi connectivity index (χ3v) is 4.96. The Labute approximate surface area is 149 Å². The van der Waals surface area contributed by atoms with Gasteiger partial charge in [0.2, 0.25) is 7.85 Å². The third-order valence-electron chi connectivity index (χ3n) is 4.96. The van der Waals surface area contributed by atoms with Gasteiger partial charge in [0.05, 0.1) is 12.7 Å². The molecule has 128 valence electrons. The Morgan fingerprint density at radius 3 is 2.08 bits per heavy atom. The molecule has 0 aromatic heterocycles. The highest BCUT2D eigenvalue weighted by Crippen LogP contribution is 2.33. The van der Waals surface area contributed by atoms with Crippen LogP contribution in [0, 0.1) is 0 Å². The van der Waals surface area contributed by atoms with Crippen LogP contribution in [0.25, 0.3) is 0 Å². The summed E-state index contributed by atoms with van der Waals surface area (Å²) in [5.41, 5.74) is 2.41. The molecular weight excluding hydrogens is 313 g/mol. The van der Waals surface area contributed by atoms with Crippen molar-refractivity contribution in [2.75, 3.05) is 20.2 Å². The number of carbonyl (C=O) groups is 1. The Kier molecular flexibility index (Phi) is 5.14. The Morgan fingerprint density at radius 1 is 1.08 bits per heavy atom. The summed E-state index contributed by atoms with van der Waals surface area (Å²) in [6, 6.07) is 16.1. The molecule has 25 heavy (non-hydrogen) atoms. The van der Waals surface area contributed by atoms with Gasteiger partial charge in [-0.2, -0.15) is 0 Å². The predicted octanol–water partition coefficient (Wildman–Crippen LogP) is 2.86. The van der Waals surface area contributed by atoms with E-state index in [2.05, 4.69) is 24.3 Å². The molecule has 1 N–H and O–H groups in total. The fourth-order valence-electron chi connectivity index (χ4n) is 3.30. The molecule has 1 aliphatic rings. The van der Waals surface area contributed by atoms with Crippen molar-refractivity contribution < 1.29 is 14.6 Å². The highest BCUT2D eigenvalue weighted by molar-refractivity contribution is 6.56. The van der Waals surface area contributed by atoms with Gasteiger partial charge in [0, 0.05) is 13.1 Å². The Hall–Kier alpha value is -2.27. The van der Waals surface area contributed by atoms with Gasteiger partial charge in [-0.1, -0.05) is 36.4 Å². The summed E-state index contributed by atoms with van der Waals surface area (Å²) in [6.07, 6.45) is 1.85. The van der Waals surface area contributed by atoms with Crippen LogP contribution in [0.4, 0.5) is 4.79 Å². The summed E-state index contributed by atoms with van der Waals surface area (Å²) < 4.78 is 5.18. The van der Waals surface area contributed by atoms with E-state index in [1.807, 2.05) is 24.3 Å². The monoisotopic (exact) mass is 335 g/mol. The zero-order chi connectivity index (χ0) is 17.9. The van der Waals surface area contributed by atoms with Crippen molar-refractivity contribution in [3.05, 3.63) is 65.2 Å². The fourth-order valence-corrected chi connectivity index (χ4v) is 3.30. The third kappa shape index (κ3) is 4.05. The second-order valence-corrected chi connectivity index (χ2v) is 6.58. The maximum atomic E-state index is 11.2. The molecule has 0 bridgehead atoms. The molecule has 0 unspecified atom stereocenters. The second-order valence-electron chi connectivity index (χ2n) is 6.58. The van der Waals surface area contributed by atoms with E-state index in [9.17, 15) is 9.90 Å². The van der Waals surface area contributed by atoms with Gasteiger partial charge < -0.3 is 14.7 Å². The number of ether oxygens (including phenoxy) is 1. The molecule has 0 aliphatic carbocycles. The normalized spacial score (nSPS) is 16.5. The zero-order valence-corrected chi connectivity index (χ0v) is 14.4. The minimum absolute atomic E-state index is 0.420. The smallest absolute Gasteiger partial charge is 0.200 e. The molecule has 0 spiro atoms. The average molecular weight is 335 g/mol. The number of nitrogens with zero attached hydrogens (tertiary/aromatic N) is 1. The van der Waals surface area contributed by atoms with Crippen LogP contribution in [0.3, 0.4) is 0 Å². The van der Waals surface area contributed by atoms with E-state index in [4.69, 9.17) is 12.6 Å². The van der Waals surface area contributed by atoms with Crippen molar-refractivity contribution in [2.24, 2.45) is 0 Å². The largest absolute Gasteiger partial charge is 0.497 e. The summed E-state index contributed by atoms with van der Waals surface area (Å²) in [5, 5.41) is 10.9. The minimum atomic E-state index is -0.884. The molecule has 2 aromatic rings. The van der Waals surface area contributed by atoms with Crippen LogP contribution >= 0.6 is 0 Å². The second kappa shape index (κ2) is 7.32. The highest BCUT2D eigenvalue weighted by atomic mass is 16.5. The molecule has 0 atom stereocenters. The van der Waals surface area contributed by atoms with E-state index < -0.39 is 11.4 Å². The van der Waals surface area contributed by atoms with Crippen LogP contribution in [-0.4, -0.2) is 43.9 Å². The highest BCUT2D eigenvalue weighted by Gasteiger charge is 2.34. The maximum Gasteiger partial charge on any atom is 0.200 e. The molecule has 0 saturated carbocycles. The molecule has 5 heteroatoms. The summed E-state index contributed by atoms with van der Waals surface area (Å²) >= 11 is 0.